The van der Waals surface area contributed by atoms with Gasteiger partial charge in [-0.15, -0.1) is 10.2 Å². The van der Waals surface area contributed by atoms with Crippen molar-refractivity contribution in [2.45, 2.75) is 52.6 Å². The number of fused-ring (bicyclic) bond motifs is 1. The molecular weight excluding hydrogens is 266 g/mol. The van der Waals surface area contributed by atoms with E-state index in [0.717, 1.165) is 50.5 Å². The summed E-state index contributed by atoms with van der Waals surface area (Å²) in [7, 11) is 0. The van der Waals surface area contributed by atoms with Crippen molar-refractivity contribution >= 4 is 5.91 Å². The van der Waals surface area contributed by atoms with E-state index in [1.807, 2.05) is 6.92 Å². The molecule has 2 N–H and O–H groups in total. The molecule has 1 aromatic heterocycles. The molecule has 6 heteroatoms. The topological polar surface area (TPSA) is 71.8 Å². The van der Waals surface area contributed by atoms with Crippen LogP contribution in [-0.4, -0.2) is 33.8 Å². The lowest BCUT2D eigenvalue weighted by Gasteiger charge is -2.32. The van der Waals surface area contributed by atoms with Crippen molar-refractivity contribution < 1.29 is 4.79 Å². The van der Waals surface area contributed by atoms with Gasteiger partial charge in [0.05, 0.1) is 11.5 Å². The predicted octanol–water partition coefficient (Wildman–Crippen LogP) is 1.04. The highest BCUT2D eigenvalue weighted by Gasteiger charge is 2.44. The van der Waals surface area contributed by atoms with E-state index in [4.69, 9.17) is 0 Å². The lowest BCUT2D eigenvalue weighted by molar-refractivity contribution is -0.133. The molecule has 21 heavy (non-hydrogen) atoms. The number of aromatic nitrogens is 3. The molecule has 2 aliphatic rings. The fourth-order valence-electron chi connectivity index (χ4n) is 3.56. The standard InChI is InChI=1S/C15H25N5O/c1-10(2)15(6-7-16-9-15)14(21)17-11(3)13-19-18-12-5-4-8-20(12)13/h10-11,16H,4-9H2,1-3H3,(H,17,21). The lowest BCUT2D eigenvalue weighted by Crippen LogP contribution is -2.47. The Labute approximate surface area is 125 Å². The van der Waals surface area contributed by atoms with E-state index in [0.29, 0.717) is 5.92 Å². The van der Waals surface area contributed by atoms with Crippen LogP contribution in [0.3, 0.4) is 0 Å². The van der Waals surface area contributed by atoms with Gasteiger partial charge in [-0.25, -0.2) is 0 Å². The van der Waals surface area contributed by atoms with Crippen LogP contribution < -0.4 is 10.6 Å². The zero-order valence-corrected chi connectivity index (χ0v) is 13.1. The van der Waals surface area contributed by atoms with Crippen LogP contribution in [0.15, 0.2) is 0 Å². The van der Waals surface area contributed by atoms with E-state index in [1.165, 1.54) is 0 Å². The number of carbonyl (C=O) groups is 1. The Bertz CT molecular complexity index is 530. The fraction of sp³-hybridized carbons (Fsp3) is 0.800. The first-order valence-corrected chi connectivity index (χ1v) is 7.98. The molecule has 6 nitrogen and oxygen atoms in total. The fourth-order valence-corrected chi connectivity index (χ4v) is 3.56. The molecule has 1 aromatic rings. The van der Waals surface area contributed by atoms with Crippen LogP contribution in [0.5, 0.6) is 0 Å². The second kappa shape index (κ2) is 5.40. The molecule has 3 rings (SSSR count). The van der Waals surface area contributed by atoms with Crippen LogP contribution in [0.4, 0.5) is 0 Å². The molecule has 2 atom stereocenters. The van der Waals surface area contributed by atoms with Gasteiger partial charge >= 0.3 is 0 Å². The number of aryl methyl sites for hydroxylation is 1. The molecule has 0 aromatic carbocycles. The summed E-state index contributed by atoms with van der Waals surface area (Å²) in [5.74, 6) is 2.40. The van der Waals surface area contributed by atoms with Crippen molar-refractivity contribution in [2.24, 2.45) is 11.3 Å². The number of carbonyl (C=O) groups excluding carboxylic acids is 1. The van der Waals surface area contributed by atoms with E-state index < -0.39 is 0 Å². The van der Waals surface area contributed by atoms with Gasteiger partial charge in [-0.1, -0.05) is 13.8 Å². The number of nitrogens with one attached hydrogen (secondary N) is 2. The third-order valence-corrected chi connectivity index (χ3v) is 5.12. The summed E-state index contributed by atoms with van der Waals surface area (Å²) in [4.78, 5) is 12.8. The molecule has 1 fully saturated rings. The van der Waals surface area contributed by atoms with Gasteiger partial charge in [0, 0.05) is 19.5 Å². The third-order valence-electron chi connectivity index (χ3n) is 5.12. The Morgan fingerprint density at radius 2 is 2.19 bits per heavy atom. The van der Waals surface area contributed by atoms with Crippen molar-refractivity contribution in [3.63, 3.8) is 0 Å². The van der Waals surface area contributed by atoms with Crippen molar-refractivity contribution in [1.29, 1.82) is 0 Å². The van der Waals surface area contributed by atoms with Crippen LogP contribution in [0, 0.1) is 11.3 Å². The van der Waals surface area contributed by atoms with Crippen molar-refractivity contribution in [1.82, 2.24) is 25.4 Å². The molecule has 2 unspecified atom stereocenters. The maximum Gasteiger partial charge on any atom is 0.228 e. The Balaban J connectivity index is 1.74. The van der Waals surface area contributed by atoms with E-state index in [-0.39, 0.29) is 17.4 Å². The van der Waals surface area contributed by atoms with Crippen LogP contribution in [-0.2, 0) is 17.8 Å². The predicted molar refractivity (Wildman–Crippen MR) is 79.7 cm³/mol. The highest BCUT2D eigenvalue weighted by atomic mass is 16.2. The molecule has 0 aliphatic carbocycles. The van der Waals surface area contributed by atoms with Gasteiger partial charge in [0.25, 0.3) is 0 Å². The molecular formula is C15H25N5O. The minimum absolute atomic E-state index is 0.0897. The van der Waals surface area contributed by atoms with Gasteiger partial charge in [0.15, 0.2) is 5.82 Å². The van der Waals surface area contributed by atoms with Crippen molar-refractivity contribution in [3.8, 4) is 0 Å². The summed E-state index contributed by atoms with van der Waals surface area (Å²) in [6, 6.07) is -0.0897. The summed E-state index contributed by atoms with van der Waals surface area (Å²) < 4.78 is 2.15. The normalized spacial score (nSPS) is 26.1. The molecule has 2 aliphatic heterocycles. The smallest absolute Gasteiger partial charge is 0.228 e. The lowest BCUT2D eigenvalue weighted by atomic mass is 9.75. The molecule has 1 amide bonds. The average Bonchev–Trinajstić information content (AvgIpc) is 3.15. The zero-order chi connectivity index (χ0) is 15.0. The van der Waals surface area contributed by atoms with Gasteiger partial charge < -0.3 is 15.2 Å². The number of amides is 1. The van der Waals surface area contributed by atoms with E-state index in [2.05, 4.69) is 39.2 Å². The van der Waals surface area contributed by atoms with Crippen LogP contribution in [0.25, 0.3) is 0 Å². The summed E-state index contributed by atoms with van der Waals surface area (Å²) in [6.07, 6.45) is 3.02. The monoisotopic (exact) mass is 291 g/mol. The third kappa shape index (κ3) is 2.35. The van der Waals surface area contributed by atoms with Crippen molar-refractivity contribution in [2.75, 3.05) is 13.1 Å². The summed E-state index contributed by atoms with van der Waals surface area (Å²) in [5.41, 5.74) is -0.290. The Morgan fingerprint density at radius 3 is 2.86 bits per heavy atom. The minimum Gasteiger partial charge on any atom is -0.346 e. The summed E-state index contributed by atoms with van der Waals surface area (Å²) >= 11 is 0. The van der Waals surface area contributed by atoms with Crippen LogP contribution in [0.1, 0.15) is 51.3 Å². The molecule has 1 saturated heterocycles. The SMILES string of the molecule is CC(NC(=O)C1(C(C)C)CCNC1)c1nnc2n1CCC2. The number of hydrogen-bond donors (Lipinski definition) is 2. The minimum atomic E-state index is -0.290. The summed E-state index contributed by atoms with van der Waals surface area (Å²) in [5, 5.41) is 15.0. The first kappa shape index (κ1) is 14.5. The Morgan fingerprint density at radius 1 is 1.38 bits per heavy atom. The molecule has 0 radical (unpaired) electrons. The van der Waals surface area contributed by atoms with Gasteiger partial charge in [-0.2, -0.15) is 0 Å². The van der Waals surface area contributed by atoms with Crippen molar-refractivity contribution in [3.05, 3.63) is 11.6 Å². The van der Waals surface area contributed by atoms with Gasteiger partial charge in [0.2, 0.25) is 5.91 Å². The first-order valence-electron chi connectivity index (χ1n) is 7.98. The summed E-state index contributed by atoms with van der Waals surface area (Å²) in [6.45, 7) is 8.91. The van der Waals surface area contributed by atoms with Gasteiger partial charge in [-0.3, -0.25) is 4.79 Å². The molecule has 0 saturated carbocycles. The highest BCUT2D eigenvalue weighted by molar-refractivity contribution is 5.83. The largest absolute Gasteiger partial charge is 0.346 e. The van der Waals surface area contributed by atoms with E-state index in [1.54, 1.807) is 0 Å². The zero-order valence-electron chi connectivity index (χ0n) is 13.1. The van der Waals surface area contributed by atoms with Crippen LogP contribution in [0.2, 0.25) is 0 Å². The van der Waals surface area contributed by atoms with E-state index in [9.17, 15) is 4.79 Å². The second-order valence-electron chi connectivity index (χ2n) is 6.66. The Hall–Kier alpha value is -1.43. The average molecular weight is 291 g/mol. The van der Waals surface area contributed by atoms with Gasteiger partial charge in [0.1, 0.15) is 5.82 Å². The number of nitrogens with zero attached hydrogens (tertiary/aromatic N) is 3. The van der Waals surface area contributed by atoms with Gasteiger partial charge in [-0.05, 0) is 32.2 Å². The number of rotatable bonds is 4. The molecule has 3 heterocycles. The van der Waals surface area contributed by atoms with E-state index >= 15 is 0 Å². The molecule has 0 spiro atoms. The molecule has 0 bridgehead atoms. The molecule has 116 valence electrons. The Kier molecular flexibility index (Phi) is 3.73. The number of hydrogen-bond acceptors (Lipinski definition) is 4. The maximum absolute atomic E-state index is 12.8. The first-order chi connectivity index (χ1) is 10.0. The maximum atomic E-state index is 12.8. The highest BCUT2D eigenvalue weighted by Crippen LogP contribution is 2.35. The quantitative estimate of drug-likeness (QED) is 0.869. The second-order valence-corrected chi connectivity index (χ2v) is 6.66. The van der Waals surface area contributed by atoms with Crippen LogP contribution >= 0.6 is 0 Å².